The van der Waals surface area contributed by atoms with Crippen molar-refractivity contribution in [1.82, 2.24) is 14.7 Å². The van der Waals surface area contributed by atoms with Crippen molar-refractivity contribution < 1.29 is 16.8 Å². The molecule has 0 aromatic carbocycles. The Balaban J connectivity index is 2.38. The summed E-state index contributed by atoms with van der Waals surface area (Å²) in [7, 11) is -7.45. The number of aryl methyl sites for hydroxylation is 1. The van der Waals surface area contributed by atoms with E-state index in [-0.39, 0.29) is 23.6 Å². The van der Waals surface area contributed by atoms with E-state index >= 15 is 0 Å². The Hall–Kier alpha value is -1.46. The number of aromatic nitrogens is 2. The first-order valence-corrected chi connectivity index (χ1v) is 8.97. The number of sulfonamides is 1. The highest BCUT2D eigenvalue weighted by Crippen LogP contribution is 2.14. The molecule has 0 radical (unpaired) electrons. The maximum atomic E-state index is 12.1. The van der Waals surface area contributed by atoms with Crippen LogP contribution in [0.25, 0.3) is 0 Å². The fraction of sp³-hybridized carbons (Fsp3) is 0.556. The van der Waals surface area contributed by atoms with E-state index < -0.39 is 42.0 Å². The van der Waals surface area contributed by atoms with Crippen molar-refractivity contribution in [2.24, 2.45) is 0 Å². The lowest BCUT2D eigenvalue weighted by Gasteiger charge is -2.12. The summed E-state index contributed by atoms with van der Waals surface area (Å²) in [5.74, 6) is -0.395. The summed E-state index contributed by atoms with van der Waals surface area (Å²) in [5, 5.41) is 0. The molecule has 1 saturated heterocycles. The van der Waals surface area contributed by atoms with E-state index in [1.807, 2.05) is 4.98 Å². The van der Waals surface area contributed by atoms with E-state index in [9.17, 15) is 26.4 Å². The Morgan fingerprint density at radius 2 is 1.90 bits per heavy atom. The molecule has 112 valence electrons. The zero-order valence-corrected chi connectivity index (χ0v) is 12.1. The van der Waals surface area contributed by atoms with Gasteiger partial charge < -0.3 is 4.98 Å². The molecule has 1 aliphatic heterocycles. The first kappa shape index (κ1) is 14.9. The lowest BCUT2D eigenvalue weighted by Crippen LogP contribution is -2.40. The summed E-state index contributed by atoms with van der Waals surface area (Å²) >= 11 is 0. The van der Waals surface area contributed by atoms with Crippen LogP contribution < -0.4 is 16.0 Å². The van der Waals surface area contributed by atoms with Gasteiger partial charge in [0.25, 0.3) is 5.56 Å². The highest BCUT2D eigenvalue weighted by atomic mass is 32.2. The second-order valence-corrected chi connectivity index (χ2v) is 8.46. The smallest absolute Gasteiger partial charge is 0.310 e. The van der Waals surface area contributed by atoms with Gasteiger partial charge in [0.1, 0.15) is 0 Å². The van der Waals surface area contributed by atoms with Gasteiger partial charge in [-0.1, -0.05) is 0 Å². The third kappa shape index (κ3) is 2.99. The summed E-state index contributed by atoms with van der Waals surface area (Å²) in [5.41, 5.74) is -1.96. The molecular weight excluding hydrogens is 310 g/mol. The molecule has 1 aromatic rings. The van der Waals surface area contributed by atoms with Crippen molar-refractivity contribution in [3.8, 4) is 0 Å². The van der Waals surface area contributed by atoms with Gasteiger partial charge >= 0.3 is 5.69 Å². The van der Waals surface area contributed by atoms with Gasteiger partial charge in [0.15, 0.2) is 14.7 Å². The van der Waals surface area contributed by atoms with Crippen LogP contribution in [0.3, 0.4) is 0 Å². The molecule has 1 fully saturated rings. The SMILES string of the molecule is Cc1[nH]c(=O)[nH]c(=O)c1S(=O)(=O)N[C@@H]1CCS(=O)(=O)C1. The molecule has 2 rings (SSSR count). The molecule has 0 bridgehead atoms. The predicted octanol–water partition coefficient (Wildman–Crippen LogP) is -2.16. The topological polar surface area (TPSA) is 146 Å². The van der Waals surface area contributed by atoms with E-state index in [0.717, 1.165) is 0 Å². The molecule has 2 heterocycles. The Morgan fingerprint density at radius 1 is 1.25 bits per heavy atom. The second kappa shape index (κ2) is 4.82. The van der Waals surface area contributed by atoms with E-state index in [0.29, 0.717) is 0 Å². The molecule has 0 saturated carbocycles. The van der Waals surface area contributed by atoms with Crippen molar-refractivity contribution in [2.45, 2.75) is 24.3 Å². The van der Waals surface area contributed by atoms with Gasteiger partial charge in [0, 0.05) is 11.7 Å². The summed E-state index contributed by atoms with van der Waals surface area (Å²) in [6.45, 7) is 1.27. The van der Waals surface area contributed by atoms with Gasteiger partial charge in [0.2, 0.25) is 10.0 Å². The van der Waals surface area contributed by atoms with Crippen LogP contribution in [0.15, 0.2) is 14.5 Å². The van der Waals surface area contributed by atoms with Crippen LogP contribution in [0.1, 0.15) is 12.1 Å². The Labute approximate surface area is 114 Å². The Kier molecular flexibility index (Phi) is 3.60. The van der Waals surface area contributed by atoms with Crippen molar-refractivity contribution >= 4 is 19.9 Å². The molecule has 1 aliphatic rings. The van der Waals surface area contributed by atoms with Crippen LogP contribution >= 0.6 is 0 Å². The Morgan fingerprint density at radius 3 is 2.40 bits per heavy atom. The van der Waals surface area contributed by atoms with Gasteiger partial charge in [-0.2, -0.15) is 0 Å². The summed E-state index contributed by atoms with van der Waals surface area (Å²) < 4.78 is 49.0. The summed E-state index contributed by atoms with van der Waals surface area (Å²) in [4.78, 5) is 26.0. The van der Waals surface area contributed by atoms with Crippen molar-refractivity contribution in [3.05, 3.63) is 26.5 Å². The van der Waals surface area contributed by atoms with Crippen LogP contribution in [-0.2, 0) is 19.9 Å². The maximum Gasteiger partial charge on any atom is 0.325 e. The van der Waals surface area contributed by atoms with Crippen LogP contribution in [0.4, 0.5) is 0 Å². The van der Waals surface area contributed by atoms with Crippen molar-refractivity contribution in [3.63, 3.8) is 0 Å². The molecule has 3 N–H and O–H groups in total. The first-order chi connectivity index (χ1) is 9.11. The molecule has 1 aromatic heterocycles. The summed E-state index contributed by atoms with van der Waals surface area (Å²) in [6, 6.07) is -0.768. The zero-order chi connectivity index (χ0) is 15.1. The van der Waals surface area contributed by atoms with Crippen LogP contribution in [0.5, 0.6) is 0 Å². The van der Waals surface area contributed by atoms with Gasteiger partial charge in [0.05, 0.1) is 11.5 Å². The molecular formula is C9H13N3O6S2. The lowest BCUT2D eigenvalue weighted by molar-refractivity contribution is 0.559. The highest BCUT2D eigenvalue weighted by molar-refractivity contribution is 7.92. The average Bonchev–Trinajstić information content (AvgIpc) is 2.54. The third-order valence-electron chi connectivity index (χ3n) is 2.90. The molecule has 0 aliphatic carbocycles. The number of hydrogen-bond donors (Lipinski definition) is 3. The highest BCUT2D eigenvalue weighted by Gasteiger charge is 2.33. The Bertz CT molecular complexity index is 848. The fourth-order valence-corrected chi connectivity index (χ4v) is 5.36. The van der Waals surface area contributed by atoms with Crippen LogP contribution in [-0.4, -0.2) is 44.4 Å². The lowest BCUT2D eigenvalue weighted by atomic mass is 10.3. The van der Waals surface area contributed by atoms with E-state index in [1.165, 1.54) is 6.92 Å². The van der Waals surface area contributed by atoms with Gasteiger partial charge in [-0.25, -0.2) is 26.4 Å². The van der Waals surface area contributed by atoms with Gasteiger partial charge in [-0.05, 0) is 13.3 Å². The van der Waals surface area contributed by atoms with Crippen LogP contribution in [0, 0.1) is 6.92 Å². The average molecular weight is 323 g/mol. The minimum atomic E-state index is -4.20. The standard InChI is InChI=1S/C9H13N3O6S2/c1-5-7(8(13)11-9(14)10-5)20(17,18)12-6-2-3-19(15,16)4-6/h6,12H,2-4H2,1H3,(H2,10,11,13,14)/t6-/m1/s1. The second-order valence-electron chi connectivity index (χ2n) is 4.58. The number of nitrogens with one attached hydrogen (secondary N) is 3. The fourth-order valence-electron chi connectivity index (χ4n) is 2.08. The van der Waals surface area contributed by atoms with Gasteiger partial charge in [-0.15, -0.1) is 0 Å². The zero-order valence-electron chi connectivity index (χ0n) is 10.5. The first-order valence-electron chi connectivity index (χ1n) is 5.67. The predicted molar refractivity (Wildman–Crippen MR) is 69.8 cm³/mol. The van der Waals surface area contributed by atoms with Crippen molar-refractivity contribution in [1.29, 1.82) is 0 Å². The normalized spacial score (nSPS) is 21.9. The number of sulfone groups is 1. The maximum absolute atomic E-state index is 12.1. The van der Waals surface area contributed by atoms with Gasteiger partial charge in [-0.3, -0.25) is 9.78 Å². The monoisotopic (exact) mass is 323 g/mol. The number of hydrogen-bond acceptors (Lipinski definition) is 6. The molecule has 0 amide bonds. The van der Waals surface area contributed by atoms with Crippen LogP contribution in [0.2, 0.25) is 0 Å². The number of H-pyrrole nitrogens is 2. The number of aromatic amines is 2. The van der Waals surface area contributed by atoms with E-state index in [2.05, 4.69) is 9.71 Å². The van der Waals surface area contributed by atoms with E-state index in [1.54, 1.807) is 0 Å². The molecule has 0 spiro atoms. The summed E-state index contributed by atoms with van der Waals surface area (Å²) in [6.07, 6.45) is 0.155. The molecule has 0 unspecified atom stereocenters. The quantitative estimate of drug-likeness (QED) is 0.577. The minimum absolute atomic E-state index is 0.0961. The largest absolute Gasteiger partial charge is 0.325 e. The number of rotatable bonds is 3. The third-order valence-corrected chi connectivity index (χ3v) is 6.34. The van der Waals surface area contributed by atoms with E-state index in [4.69, 9.17) is 0 Å². The minimum Gasteiger partial charge on any atom is -0.310 e. The molecule has 11 heteroatoms. The molecule has 1 atom stereocenters. The van der Waals surface area contributed by atoms with Crippen molar-refractivity contribution in [2.75, 3.05) is 11.5 Å². The molecule has 20 heavy (non-hydrogen) atoms. The molecule has 9 nitrogen and oxygen atoms in total.